The van der Waals surface area contributed by atoms with Crippen molar-refractivity contribution in [2.24, 2.45) is 16.6 Å². The highest BCUT2D eigenvalue weighted by molar-refractivity contribution is 14.0. The Morgan fingerprint density at radius 1 is 1.25 bits per heavy atom. The highest BCUT2D eigenvalue weighted by atomic mass is 127. The molecule has 9 heteroatoms. The average molecular weight is 453 g/mol. The summed E-state index contributed by atoms with van der Waals surface area (Å²) in [5, 5.41) is 5.96. The Bertz CT molecular complexity index is 448. The normalized spacial score (nSPS) is 18.5. The molecule has 8 nitrogen and oxygen atoms in total. The minimum atomic E-state index is -0.264. The summed E-state index contributed by atoms with van der Waals surface area (Å²) in [4.78, 5) is 29.0. The molecule has 138 valence electrons. The largest absolute Gasteiger partial charge is 0.450 e. The van der Waals surface area contributed by atoms with Crippen LogP contribution in [0.15, 0.2) is 4.99 Å². The molecule has 0 unspecified atom stereocenters. The van der Waals surface area contributed by atoms with E-state index in [2.05, 4.69) is 15.6 Å². The number of hydrogen-bond donors (Lipinski definition) is 3. The number of likely N-dealkylation sites (tertiary alicyclic amines) is 1. The summed E-state index contributed by atoms with van der Waals surface area (Å²) in [5.74, 6) is 0.836. The van der Waals surface area contributed by atoms with E-state index in [1.807, 2.05) is 0 Å². The molecule has 1 saturated heterocycles. The maximum Gasteiger partial charge on any atom is 0.409 e. The summed E-state index contributed by atoms with van der Waals surface area (Å²) >= 11 is 0. The molecule has 1 aliphatic carbocycles. The van der Waals surface area contributed by atoms with Gasteiger partial charge in [0.25, 0.3) is 0 Å². The second-order valence-electron chi connectivity index (χ2n) is 6.05. The van der Waals surface area contributed by atoms with Gasteiger partial charge in [-0.2, -0.15) is 0 Å². The van der Waals surface area contributed by atoms with Crippen LogP contribution in [0.3, 0.4) is 0 Å². The molecule has 0 aromatic carbocycles. The predicted molar refractivity (Wildman–Crippen MR) is 102 cm³/mol. The van der Waals surface area contributed by atoms with Gasteiger partial charge in [-0.05, 0) is 38.5 Å². The third-order valence-electron chi connectivity index (χ3n) is 4.05. The Kier molecular flexibility index (Phi) is 9.16. The third kappa shape index (κ3) is 7.54. The van der Waals surface area contributed by atoms with Crippen molar-refractivity contribution in [1.29, 1.82) is 0 Å². The van der Waals surface area contributed by atoms with Crippen LogP contribution in [0.25, 0.3) is 0 Å². The van der Waals surface area contributed by atoms with Crippen LogP contribution in [0, 0.1) is 5.92 Å². The van der Waals surface area contributed by atoms with E-state index in [1.54, 1.807) is 11.8 Å². The first kappa shape index (κ1) is 20.8. The zero-order valence-corrected chi connectivity index (χ0v) is 16.5. The number of piperidine rings is 1. The zero-order chi connectivity index (χ0) is 16.7. The van der Waals surface area contributed by atoms with Crippen molar-refractivity contribution in [3.05, 3.63) is 0 Å². The van der Waals surface area contributed by atoms with E-state index < -0.39 is 0 Å². The summed E-state index contributed by atoms with van der Waals surface area (Å²) in [6.45, 7) is 4.24. The number of hydrogen-bond acceptors (Lipinski definition) is 4. The molecule has 2 fully saturated rings. The van der Waals surface area contributed by atoms with Gasteiger partial charge in [-0.15, -0.1) is 24.0 Å². The van der Waals surface area contributed by atoms with Crippen LogP contribution < -0.4 is 16.4 Å². The molecule has 0 spiro atoms. The maximum absolute atomic E-state index is 11.6. The number of nitrogens with zero attached hydrogens (tertiary/aromatic N) is 2. The molecule has 1 saturated carbocycles. The Morgan fingerprint density at radius 2 is 1.92 bits per heavy atom. The van der Waals surface area contributed by atoms with Crippen LogP contribution in [0.2, 0.25) is 0 Å². The van der Waals surface area contributed by atoms with Crippen molar-refractivity contribution in [3.8, 4) is 0 Å². The molecule has 2 aliphatic rings. The summed E-state index contributed by atoms with van der Waals surface area (Å²) in [7, 11) is 0. The van der Waals surface area contributed by atoms with Crippen molar-refractivity contribution in [1.82, 2.24) is 15.5 Å². The number of ether oxygens (including phenoxy) is 1. The first-order valence-electron chi connectivity index (χ1n) is 8.33. The van der Waals surface area contributed by atoms with Crippen molar-refractivity contribution in [2.45, 2.75) is 38.6 Å². The Balaban J connectivity index is 0.00000288. The van der Waals surface area contributed by atoms with Crippen LogP contribution >= 0.6 is 24.0 Å². The SMILES string of the molecule is CCOC(=O)N1CCC(NC(N)=NCC(=O)NCC2CC2)CC1.I. The molecule has 2 rings (SSSR count). The molecule has 1 aliphatic heterocycles. The molecule has 0 atom stereocenters. The highest BCUT2D eigenvalue weighted by Crippen LogP contribution is 2.27. The molecule has 0 radical (unpaired) electrons. The molecule has 0 aromatic heterocycles. The van der Waals surface area contributed by atoms with E-state index in [0.717, 1.165) is 19.4 Å². The number of aliphatic imine (C=N–C) groups is 1. The van der Waals surface area contributed by atoms with Crippen LogP contribution in [-0.2, 0) is 9.53 Å². The molecule has 1 heterocycles. The Morgan fingerprint density at radius 3 is 2.50 bits per heavy atom. The van der Waals surface area contributed by atoms with Crippen molar-refractivity contribution in [3.63, 3.8) is 0 Å². The maximum atomic E-state index is 11.6. The fraction of sp³-hybridized carbons (Fsp3) is 0.800. The van der Waals surface area contributed by atoms with E-state index in [9.17, 15) is 9.59 Å². The summed E-state index contributed by atoms with van der Waals surface area (Å²) in [5.41, 5.74) is 5.82. The second-order valence-corrected chi connectivity index (χ2v) is 6.05. The van der Waals surface area contributed by atoms with Gasteiger partial charge < -0.3 is 26.0 Å². The van der Waals surface area contributed by atoms with Crippen LogP contribution in [0.1, 0.15) is 32.6 Å². The fourth-order valence-corrected chi connectivity index (χ4v) is 2.47. The summed E-state index contributed by atoms with van der Waals surface area (Å²) in [6.07, 6.45) is 3.71. The third-order valence-corrected chi connectivity index (χ3v) is 4.05. The average Bonchev–Trinajstić information content (AvgIpc) is 3.36. The number of guanidine groups is 1. The van der Waals surface area contributed by atoms with Gasteiger partial charge in [0.1, 0.15) is 6.54 Å². The molecular weight excluding hydrogens is 425 g/mol. The molecule has 0 aromatic rings. The first-order chi connectivity index (χ1) is 11.1. The number of rotatable bonds is 6. The van der Waals surface area contributed by atoms with Crippen molar-refractivity contribution < 1.29 is 14.3 Å². The van der Waals surface area contributed by atoms with Gasteiger partial charge in [0.2, 0.25) is 5.91 Å². The predicted octanol–water partition coefficient (Wildman–Crippen LogP) is 0.656. The lowest BCUT2D eigenvalue weighted by Gasteiger charge is -2.31. The van der Waals surface area contributed by atoms with E-state index in [0.29, 0.717) is 25.6 Å². The van der Waals surface area contributed by atoms with E-state index >= 15 is 0 Å². The number of halogens is 1. The van der Waals surface area contributed by atoms with Gasteiger partial charge in [0.05, 0.1) is 6.61 Å². The lowest BCUT2D eigenvalue weighted by atomic mass is 10.1. The van der Waals surface area contributed by atoms with Crippen LogP contribution in [-0.4, -0.2) is 61.7 Å². The lowest BCUT2D eigenvalue weighted by molar-refractivity contribution is -0.119. The highest BCUT2D eigenvalue weighted by Gasteiger charge is 2.24. The second kappa shape index (κ2) is 10.6. The van der Waals surface area contributed by atoms with Gasteiger partial charge in [-0.1, -0.05) is 0 Å². The number of carbonyl (C=O) groups is 2. The summed E-state index contributed by atoms with van der Waals surface area (Å²) < 4.78 is 4.98. The van der Waals surface area contributed by atoms with Crippen molar-refractivity contribution in [2.75, 3.05) is 32.8 Å². The fourth-order valence-electron chi connectivity index (χ4n) is 2.47. The van der Waals surface area contributed by atoms with E-state index in [4.69, 9.17) is 10.5 Å². The van der Waals surface area contributed by atoms with Gasteiger partial charge in [0.15, 0.2) is 5.96 Å². The van der Waals surface area contributed by atoms with Gasteiger partial charge in [-0.3, -0.25) is 4.79 Å². The molecular formula is C15H28IN5O3. The smallest absolute Gasteiger partial charge is 0.409 e. The molecule has 24 heavy (non-hydrogen) atoms. The standard InChI is InChI=1S/C15H27N5O3.HI/c1-2-23-15(22)20-7-5-12(6-8-20)19-14(16)18-10-13(21)17-9-11-3-4-11;/h11-12H,2-10H2,1H3,(H,17,21)(H3,16,18,19);1H. The number of nitrogens with one attached hydrogen (secondary N) is 2. The molecule has 0 bridgehead atoms. The summed E-state index contributed by atoms with van der Waals surface area (Å²) in [6, 6.07) is 0.166. The number of nitrogens with two attached hydrogens (primary N) is 1. The monoisotopic (exact) mass is 453 g/mol. The Hall–Kier alpha value is -1.26. The van der Waals surface area contributed by atoms with Gasteiger partial charge in [-0.25, -0.2) is 9.79 Å². The zero-order valence-electron chi connectivity index (χ0n) is 14.1. The topological polar surface area (TPSA) is 109 Å². The molecule has 2 amide bonds. The van der Waals surface area contributed by atoms with Gasteiger partial charge >= 0.3 is 6.09 Å². The van der Waals surface area contributed by atoms with Crippen LogP contribution in [0.5, 0.6) is 0 Å². The number of amides is 2. The quantitative estimate of drug-likeness (QED) is 0.311. The van der Waals surface area contributed by atoms with Crippen LogP contribution in [0.4, 0.5) is 4.79 Å². The minimum absolute atomic E-state index is 0. The van der Waals surface area contributed by atoms with E-state index in [-0.39, 0.29) is 54.5 Å². The number of carbonyl (C=O) groups excluding carboxylic acids is 2. The molecule has 4 N–H and O–H groups in total. The first-order valence-corrected chi connectivity index (χ1v) is 8.33. The Labute approximate surface area is 160 Å². The lowest BCUT2D eigenvalue weighted by Crippen LogP contribution is -2.48. The van der Waals surface area contributed by atoms with E-state index in [1.165, 1.54) is 12.8 Å². The van der Waals surface area contributed by atoms with Gasteiger partial charge in [0, 0.05) is 25.7 Å². The van der Waals surface area contributed by atoms with Crippen molar-refractivity contribution >= 4 is 41.9 Å². The minimum Gasteiger partial charge on any atom is -0.450 e.